The van der Waals surface area contributed by atoms with Crippen molar-refractivity contribution in [3.05, 3.63) is 20.8 Å². The minimum absolute atomic E-state index is 0.201. The van der Waals surface area contributed by atoms with Gasteiger partial charge in [-0.2, -0.15) is 0 Å². The summed E-state index contributed by atoms with van der Waals surface area (Å²) >= 11 is 4.87. The Bertz CT molecular complexity index is 257. The molecular weight excluding hydrogens is 228 g/mol. The molecule has 0 amide bonds. The third kappa shape index (κ3) is 2.31. The highest BCUT2D eigenvalue weighted by Crippen LogP contribution is 2.22. The van der Waals surface area contributed by atoms with Crippen LogP contribution in [0.4, 0.5) is 0 Å². The maximum Gasteiger partial charge on any atom is 0.310 e. The van der Waals surface area contributed by atoms with E-state index in [9.17, 15) is 4.79 Å². The van der Waals surface area contributed by atoms with Crippen molar-refractivity contribution >= 4 is 33.2 Å². The van der Waals surface area contributed by atoms with Crippen molar-refractivity contribution in [2.24, 2.45) is 0 Å². The highest BCUT2D eigenvalue weighted by molar-refractivity contribution is 9.10. The quantitative estimate of drug-likeness (QED) is 0.734. The van der Waals surface area contributed by atoms with Crippen molar-refractivity contribution in [2.75, 3.05) is 7.11 Å². The van der Waals surface area contributed by atoms with Crippen LogP contribution in [0.5, 0.6) is 0 Å². The van der Waals surface area contributed by atoms with E-state index in [4.69, 9.17) is 0 Å². The second kappa shape index (κ2) is 3.88. The molecule has 0 N–H and O–H groups in total. The van der Waals surface area contributed by atoms with Crippen LogP contribution < -0.4 is 0 Å². The Labute approximate surface area is 77.3 Å². The van der Waals surface area contributed by atoms with E-state index in [0.29, 0.717) is 6.42 Å². The molecule has 1 heterocycles. The van der Waals surface area contributed by atoms with Gasteiger partial charge in [-0.15, -0.1) is 11.3 Å². The van der Waals surface area contributed by atoms with Crippen LogP contribution in [0, 0.1) is 0 Å². The number of esters is 1. The zero-order chi connectivity index (χ0) is 8.27. The predicted octanol–water partition coefficient (Wildman–Crippen LogP) is 2.23. The molecule has 0 unspecified atom stereocenters. The summed E-state index contributed by atoms with van der Waals surface area (Å²) in [5, 5.41) is 1.93. The lowest BCUT2D eigenvalue weighted by molar-refractivity contribution is -0.139. The summed E-state index contributed by atoms with van der Waals surface area (Å²) in [7, 11) is 1.39. The SMILES string of the molecule is COC(=O)Cc1sccc1Br. The summed E-state index contributed by atoms with van der Waals surface area (Å²) in [6.45, 7) is 0. The zero-order valence-corrected chi connectivity index (χ0v) is 8.37. The zero-order valence-electron chi connectivity index (χ0n) is 5.96. The summed E-state index contributed by atoms with van der Waals surface area (Å²) in [6.07, 6.45) is 0.356. The third-order valence-corrected chi connectivity index (χ3v) is 3.15. The normalized spacial score (nSPS) is 9.64. The third-order valence-electron chi connectivity index (χ3n) is 1.22. The van der Waals surface area contributed by atoms with Crippen molar-refractivity contribution < 1.29 is 9.53 Å². The van der Waals surface area contributed by atoms with Gasteiger partial charge in [0.2, 0.25) is 0 Å². The van der Waals surface area contributed by atoms with E-state index in [1.54, 1.807) is 11.3 Å². The fraction of sp³-hybridized carbons (Fsp3) is 0.286. The fourth-order valence-electron chi connectivity index (χ4n) is 0.654. The largest absolute Gasteiger partial charge is 0.469 e. The van der Waals surface area contributed by atoms with Gasteiger partial charge < -0.3 is 4.74 Å². The molecule has 0 fully saturated rings. The van der Waals surface area contributed by atoms with Crippen LogP contribution in [0.2, 0.25) is 0 Å². The lowest BCUT2D eigenvalue weighted by atomic mass is 10.3. The summed E-state index contributed by atoms with van der Waals surface area (Å²) in [4.78, 5) is 11.8. The van der Waals surface area contributed by atoms with E-state index in [2.05, 4.69) is 20.7 Å². The summed E-state index contributed by atoms with van der Waals surface area (Å²) in [5.74, 6) is -0.201. The lowest BCUT2D eigenvalue weighted by Crippen LogP contribution is -2.02. The number of halogens is 1. The van der Waals surface area contributed by atoms with E-state index in [1.807, 2.05) is 11.4 Å². The molecule has 60 valence electrons. The van der Waals surface area contributed by atoms with E-state index < -0.39 is 0 Å². The number of methoxy groups -OCH3 is 1. The van der Waals surface area contributed by atoms with Gasteiger partial charge in [0.05, 0.1) is 13.5 Å². The Morgan fingerprint density at radius 3 is 3.00 bits per heavy atom. The Kier molecular flexibility index (Phi) is 3.08. The van der Waals surface area contributed by atoms with Crippen LogP contribution in [-0.4, -0.2) is 13.1 Å². The number of thiophene rings is 1. The van der Waals surface area contributed by atoms with Crippen molar-refractivity contribution in [3.8, 4) is 0 Å². The molecule has 4 heteroatoms. The second-order valence-corrected chi connectivity index (χ2v) is 3.80. The lowest BCUT2D eigenvalue weighted by Gasteiger charge is -1.95. The second-order valence-electron chi connectivity index (χ2n) is 1.94. The molecule has 0 aliphatic heterocycles. The monoisotopic (exact) mass is 234 g/mol. The highest BCUT2D eigenvalue weighted by atomic mass is 79.9. The first-order chi connectivity index (χ1) is 5.24. The van der Waals surface area contributed by atoms with Gasteiger partial charge in [-0.1, -0.05) is 0 Å². The fourth-order valence-corrected chi connectivity index (χ4v) is 2.13. The molecule has 0 radical (unpaired) electrons. The Morgan fingerprint density at radius 2 is 2.55 bits per heavy atom. The maximum absolute atomic E-state index is 10.8. The molecular formula is C7H7BrO2S. The van der Waals surface area contributed by atoms with Gasteiger partial charge >= 0.3 is 5.97 Å². The van der Waals surface area contributed by atoms with Crippen molar-refractivity contribution in [2.45, 2.75) is 6.42 Å². The molecule has 0 aromatic carbocycles. The predicted molar refractivity (Wildman–Crippen MR) is 47.7 cm³/mol. The van der Waals surface area contributed by atoms with Gasteiger partial charge in [-0.05, 0) is 27.4 Å². The Hall–Kier alpha value is -0.350. The average Bonchev–Trinajstić information content (AvgIpc) is 2.37. The van der Waals surface area contributed by atoms with E-state index in [0.717, 1.165) is 9.35 Å². The number of ether oxygens (including phenoxy) is 1. The van der Waals surface area contributed by atoms with Gasteiger partial charge in [0.1, 0.15) is 0 Å². The summed E-state index contributed by atoms with van der Waals surface area (Å²) in [6, 6.07) is 1.92. The van der Waals surface area contributed by atoms with Crippen LogP contribution in [0.25, 0.3) is 0 Å². The Morgan fingerprint density at radius 1 is 1.82 bits per heavy atom. The van der Waals surface area contributed by atoms with Crippen molar-refractivity contribution in [1.82, 2.24) is 0 Å². The standard InChI is InChI=1S/C7H7BrO2S/c1-10-7(9)4-6-5(8)2-3-11-6/h2-3H,4H2,1H3. The summed E-state index contributed by atoms with van der Waals surface area (Å²) < 4.78 is 5.50. The van der Waals surface area contributed by atoms with Gasteiger partial charge in [-0.3, -0.25) is 4.79 Å². The molecule has 1 rings (SSSR count). The van der Waals surface area contributed by atoms with Gasteiger partial charge in [0.15, 0.2) is 0 Å². The molecule has 0 bridgehead atoms. The number of carbonyl (C=O) groups excluding carboxylic acids is 1. The molecule has 0 aliphatic rings. The van der Waals surface area contributed by atoms with Crippen LogP contribution in [0.3, 0.4) is 0 Å². The molecule has 11 heavy (non-hydrogen) atoms. The van der Waals surface area contributed by atoms with Gasteiger partial charge in [-0.25, -0.2) is 0 Å². The van der Waals surface area contributed by atoms with E-state index in [-0.39, 0.29) is 5.97 Å². The van der Waals surface area contributed by atoms with Crippen molar-refractivity contribution in [3.63, 3.8) is 0 Å². The molecule has 0 saturated heterocycles. The maximum atomic E-state index is 10.8. The Balaban J connectivity index is 2.64. The molecule has 0 aliphatic carbocycles. The number of rotatable bonds is 2. The van der Waals surface area contributed by atoms with E-state index in [1.165, 1.54) is 7.11 Å². The van der Waals surface area contributed by atoms with Crippen LogP contribution in [-0.2, 0) is 16.0 Å². The van der Waals surface area contributed by atoms with Crippen molar-refractivity contribution in [1.29, 1.82) is 0 Å². The first-order valence-corrected chi connectivity index (χ1v) is 4.70. The highest BCUT2D eigenvalue weighted by Gasteiger charge is 2.06. The summed E-state index contributed by atoms with van der Waals surface area (Å²) in [5.41, 5.74) is 0. The minimum Gasteiger partial charge on any atom is -0.469 e. The minimum atomic E-state index is -0.201. The molecule has 1 aromatic rings. The first-order valence-electron chi connectivity index (χ1n) is 3.02. The molecule has 0 saturated carbocycles. The topological polar surface area (TPSA) is 26.3 Å². The number of hydrogen-bond acceptors (Lipinski definition) is 3. The van der Waals surface area contributed by atoms with Crippen LogP contribution in [0.15, 0.2) is 15.9 Å². The molecule has 0 spiro atoms. The van der Waals surface area contributed by atoms with E-state index >= 15 is 0 Å². The number of carbonyl (C=O) groups is 1. The molecule has 0 atom stereocenters. The van der Waals surface area contributed by atoms with Gasteiger partial charge in [0, 0.05) is 9.35 Å². The average molecular weight is 235 g/mol. The first kappa shape index (κ1) is 8.74. The van der Waals surface area contributed by atoms with Crippen LogP contribution in [0.1, 0.15) is 4.88 Å². The molecule has 2 nitrogen and oxygen atoms in total. The smallest absolute Gasteiger partial charge is 0.310 e. The number of hydrogen-bond donors (Lipinski definition) is 0. The molecule has 1 aromatic heterocycles. The van der Waals surface area contributed by atoms with Gasteiger partial charge in [0.25, 0.3) is 0 Å². The van der Waals surface area contributed by atoms with Crippen LogP contribution >= 0.6 is 27.3 Å².